The Hall–Kier alpha value is -3.56. The number of benzene rings is 1. The van der Waals surface area contributed by atoms with Gasteiger partial charge in [0.1, 0.15) is 11.1 Å². The lowest BCUT2D eigenvalue weighted by Gasteiger charge is -2.06. The largest absolute Gasteiger partial charge is 0.469 e. The Balaban J connectivity index is 1.97. The molecule has 134 valence electrons. The summed E-state index contributed by atoms with van der Waals surface area (Å²) in [4.78, 5) is 38.6. The van der Waals surface area contributed by atoms with Gasteiger partial charge in [0.25, 0.3) is 11.2 Å². The van der Waals surface area contributed by atoms with E-state index in [-0.39, 0.29) is 40.4 Å². The van der Waals surface area contributed by atoms with Crippen LogP contribution in [0.15, 0.2) is 41.6 Å². The molecule has 0 fully saturated rings. The monoisotopic (exact) mass is 357 g/mol. The summed E-state index contributed by atoms with van der Waals surface area (Å²) < 4.78 is 7.20. The van der Waals surface area contributed by atoms with Crippen LogP contribution in [0.3, 0.4) is 0 Å². The summed E-state index contributed by atoms with van der Waals surface area (Å²) in [5.41, 5.74) is -0.0115. The fourth-order valence-corrected chi connectivity index (χ4v) is 2.58. The van der Waals surface area contributed by atoms with Crippen molar-refractivity contribution in [2.24, 2.45) is 0 Å². The van der Waals surface area contributed by atoms with E-state index in [2.05, 4.69) is 14.8 Å². The van der Waals surface area contributed by atoms with Crippen molar-refractivity contribution in [3.63, 3.8) is 0 Å². The molecule has 2 aromatic heterocycles. The van der Waals surface area contributed by atoms with E-state index in [0.717, 1.165) is 0 Å². The number of rotatable bonds is 6. The molecule has 26 heavy (non-hydrogen) atoms. The Morgan fingerprint density at radius 1 is 1.35 bits per heavy atom. The summed E-state index contributed by atoms with van der Waals surface area (Å²) in [5.74, 6) is -0.351. The number of fused-ring (bicyclic) bond motifs is 1. The molecule has 0 atom stereocenters. The van der Waals surface area contributed by atoms with Crippen LogP contribution in [0.1, 0.15) is 12.8 Å². The summed E-state index contributed by atoms with van der Waals surface area (Å²) in [6.45, 7) is 0.299. The van der Waals surface area contributed by atoms with Crippen molar-refractivity contribution in [3.05, 3.63) is 57.3 Å². The highest BCUT2D eigenvalue weighted by Crippen LogP contribution is 2.23. The Morgan fingerprint density at radius 2 is 2.12 bits per heavy atom. The first kappa shape index (κ1) is 17.3. The van der Waals surface area contributed by atoms with E-state index in [1.54, 1.807) is 12.1 Å². The quantitative estimate of drug-likeness (QED) is 0.371. The predicted molar refractivity (Wildman–Crippen MR) is 91.0 cm³/mol. The molecule has 1 aromatic carbocycles. The fourth-order valence-electron chi connectivity index (χ4n) is 2.58. The number of aryl methyl sites for hydroxylation is 1. The van der Waals surface area contributed by atoms with Crippen molar-refractivity contribution in [2.75, 3.05) is 7.11 Å². The molecule has 10 heteroatoms. The molecule has 0 unspecified atom stereocenters. The smallest absolute Gasteiger partial charge is 0.305 e. The van der Waals surface area contributed by atoms with Gasteiger partial charge in [0.05, 0.1) is 24.6 Å². The number of carbonyl (C=O) groups excluding carboxylic acids is 1. The minimum atomic E-state index is -0.517. The van der Waals surface area contributed by atoms with Crippen LogP contribution < -0.4 is 5.56 Å². The zero-order chi connectivity index (χ0) is 18.7. The number of hydrogen-bond acceptors (Lipinski definition) is 7. The highest BCUT2D eigenvalue weighted by Gasteiger charge is 2.19. The van der Waals surface area contributed by atoms with Crippen molar-refractivity contribution in [1.29, 1.82) is 0 Å². The second-order valence-corrected chi connectivity index (χ2v) is 5.46. The number of nitro benzene ring substituents is 1. The molecule has 0 saturated carbocycles. The topological polar surface area (TPSA) is 122 Å². The third-order valence-corrected chi connectivity index (χ3v) is 3.87. The third kappa shape index (κ3) is 3.16. The van der Waals surface area contributed by atoms with Gasteiger partial charge in [0.2, 0.25) is 0 Å². The summed E-state index contributed by atoms with van der Waals surface area (Å²) in [7, 11) is 1.30. The van der Waals surface area contributed by atoms with Gasteiger partial charge < -0.3 is 4.74 Å². The molecule has 0 spiro atoms. The lowest BCUT2D eigenvalue weighted by Crippen LogP contribution is -2.21. The van der Waals surface area contributed by atoms with Crippen LogP contribution >= 0.6 is 0 Å². The first-order valence-corrected chi connectivity index (χ1v) is 7.76. The van der Waals surface area contributed by atoms with E-state index in [9.17, 15) is 19.7 Å². The lowest BCUT2D eigenvalue weighted by molar-refractivity contribution is -0.384. The van der Waals surface area contributed by atoms with Gasteiger partial charge in [-0.3, -0.25) is 24.3 Å². The standard InChI is InChI=1S/C16H15N5O5/c1-26-14(22)7-4-8-19-10-17-15-11(16(19)23)9-18-20(15)12-5-2-3-6-13(12)21(24)25/h2-3,5-6,9-10H,4,7-8H2,1H3. The molecule has 2 heterocycles. The van der Waals surface area contributed by atoms with Crippen molar-refractivity contribution in [1.82, 2.24) is 19.3 Å². The first-order chi connectivity index (χ1) is 12.5. The molecule has 0 aliphatic carbocycles. The van der Waals surface area contributed by atoms with Crippen molar-refractivity contribution >= 4 is 22.7 Å². The van der Waals surface area contributed by atoms with Gasteiger partial charge in [0, 0.05) is 19.0 Å². The van der Waals surface area contributed by atoms with Crippen LogP contribution in [-0.4, -0.2) is 37.3 Å². The number of nitrogens with zero attached hydrogens (tertiary/aromatic N) is 5. The maximum absolute atomic E-state index is 12.6. The molecule has 0 aliphatic rings. The zero-order valence-electron chi connectivity index (χ0n) is 13.9. The molecule has 0 amide bonds. The highest BCUT2D eigenvalue weighted by molar-refractivity contribution is 5.76. The summed E-state index contributed by atoms with van der Waals surface area (Å²) >= 11 is 0. The van der Waals surface area contributed by atoms with E-state index in [1.165, 1.54) is 41.0 Å². The van der Waals surface area contributed by atoms with E-state index in [1.807, 2.05) is 0 Å². The minimum Gasteiger partial charge on any atom is -0.469 e. The van der Waals surface area contributed by atoms with Crippen molar-refractivity contribution in [2.45, 2.75) is 19.4 Å². The van der Waals surface area contributed by atoms with Crippen LogP contribution in [0.5, 0.6) is 0 Å². The van der Waals surface area contributed by atoms with Crippen LogP contribution in [-0.2, 0) is 16.1 Å². The van der Waals surface area contributed by atoms with Gasteiger partial charge >= 0.3 is 5.97 Å². The molecule has 3 aromatic rings. The van der Waals surface area contributed by atoms with Gasteiger partial charge in [-0.15, -0.1) is 0 Å². The van der Waals surface area contributed by atoms with Gasteiger partial charge in [0.15, 0.2) is 5.65 Å². The van der Waals surface area contributed by atoms with E-state index in [4.69, 9.17) is 0 Å². The molecule has 0 saturated heterocycles. The number of esters is 1. The summed E-state index contributed by atoms with van der Waals surface area (Å²) in [6, 6.07) is 6.09. The van der Waals surface area contributed by atoms with Crippen LogP contribution in [0, 0.1) is 10.1 Å². The number of methoxy groups -OCH3 is 1. The summed E-state index contributed by atoms with van der Waals surface area (Å²) in [6.07, 6.45) is 3.29. The predicted octanol–water partition coefficient (Wildman–Crippen LogP) is 1.44. The molecular formula is C16H15N5O5. The van der Waals surface area contributed by atoms with Crippen molar-refractivity contribution < 1.29 is 14.5 Å². The molecule has 10 nitrogen and oxygen atoms in total. The summed E-state index contributed by atoms with van der Waals surface area (Å²) in [5, 5.41) is 15.5. The maximum atomic E-state index is 12.6. The highest BCUT2D eigenvalue weighted by atomic mass is 16.6. The SMILES string of the molecule is COC(=O)CCCn1cnc2c(cnn2-c2ccccc2[N+](=O)[O-])c1=O. The maximum Gasteiger partial charge on any atom is 0.305 e. The van der Waals surface area contributed by atoms with Gasteiger partial charge in [-0.1, -0.05) is 12.1 Å². The zero-order valence-corrected chi connectivity index (χ0v) is 13.9. The Morgan fingerprint density at radius 3 is 2.85 bits per heavy atom. The van der Waals surface area contributed by atoms with Crippen LogP contribution in [0.2, 0.25) is 0 Å². The molecule has 0 bridgehead atoms. The number of aromatic nitrogens is 4. The molecular weight excluding hydrogens is 342 g/mol. The van der Waals surface area contributed by atoms with Crippen LogP contribution in [0.25, 0.3) is 16.7 Å². The second kappa shape index (κ2) is 7.13. The minimum absolute atomic E-state index is 0.137. The van der Waals surface area contributed by atoms with Crippen LogP contribution in [0.4, 0.5) is 5.69 Å². The van der Waals surface area contributed by atoms with E-state index < -0.39 is 4.92 Å². The molecule has 0 radical (unpaired) electrons. The normalized spacial score (nSPS) is 10.8. The third-order valence-electron chi connectivity index (χ3n) is 3.87. The first-order valence-electron chi connectivity index (χ1n) is 7.76. The molecule has 3 rings (SSSR count). The lowest BCUT2D eigenvalue weighted by atomic mass is 10.2. The number of nitro groups is 1. The number of para-hydroxylation sites is 2. The number of hydrogen-bond donors (Lipinski definition) is 0. The average molecular weight is 357 g/mol. The van der Waals surface area contributed by atoms with E-state index >= 15 is 0 Å². The Kier molecular flexibility index (Phi) is 4.74. The number of carbonyl (C=O) groups is 1. The Bertz CT molecular complexity index is 1040. The van der Waals surface area contributed by atoms with Crippen molar-refractivity contribution in [3.8, 4) is 5.69 Å². The Labute approximate surface area is 146 Å². The van der Waals surface area contributed by atoms with Gasteiger partial charge in [-0.25, -0.2) is 9.67 Å². The molecule has 0 N–H and O–H groups in total. The fraction of sp³-hybridized carbons (Fsp3) is 0.250. The van der Waals surface area contributed by atoms with Gasteiger partial charge in [-0.05, 0) is 12.5 Å². The second-order valence-electron chi connectivity index (χ2n) is 5.46. The average Bonchev–Trinajstić information content (AvgIpc) is 3.08. The number of ether oxygens (including phenoxy) is 1. The van der Waals surface area contributed by atoms with E-state index in [0.29, 0.717) is 13.0 Å². The van der Waals surface area contributed by atoms with Gasteiger partial charge in [-0.2, -0.15) is 5.10 Å². The molecule has 0 aliphatic heterocycles.